The van der Waals surface area contributed by atoms with Crippen molar-refractivity contribution in [1.29, 1.82) is 0 Å². The van der Waals surface area contributed by atoms with Crippen molar-refractivity contribution in [1.82, 2.24) is 10.2 Å². The van der Waals surface area contributed by atoms with Crippen molar-refractivity contribution in [2.24, 2.45) is 0 Å². The minimum Gasteiger partial charge on any atom is -0.492 e. The number of halogens is 1. The molecule has 1 aromatic rings. The second kappa shape index (κ2) is 8.12. The van der Waals surface area contributed by atoms with Gasteiger partial charge in [0.2, 0.25) is 0 Å². The van der Waals surface area contributed by atoms with E-state index in [1.54, 1.807) is 6.07 Å². The van der Waals surface area contributed by atoms with Gasteiger partial charge in [0.25, 0.3) is 0 Å². The fraction of sp³-hybridized carbons (Fsp3) is 0.600. The summed E-state index contributed by atoms with van der Waals surface area (Å²) in [4.78, 5) is 2.27. The Morgan fingerprint density at radius 1 is 1.32 bits per heavy atom. The Morgan fingerprint density at radius 2 is 2.00 bits per heavy atom. The van der Waals surface area contributed by atoms with Gasteiger partial charge in [-0.1, -0.05) is 19.9 Å². The average molecular weight is 268 g/mol. The van der Waals surface area contributed by atoms with Crippen molar-refractivity contribution in [3.05, 3.63) is 29.6 Å². The monoisotopic (exact) mass is 268 g/mol. The van der Waals surface area contributed by atoms with Crippen LogP contribution in [0, 0.1) is 5.82 Å². The molecule has 0 fully saturated rings. The van der Waals surface area contributed by atoms with Crippen molar-refractivity contribution < 1.29 is 9.13 Å². The van der Waals surface area contributed by atoms with Crippen molar-refractivity contribution in [3.8, 4) is 5.75 Å². The molecule has 0 saturated heterocycles. The number of ether oxygens (including phenoxy) is 1. The van der Waals surface area contributed by atoms with Gasteiger partial charge in [0.15, 0.2) is 0 Å². The minimum absolute atomic E-state index is 0.00437. The van der Waals surface area contributed by atoms with Gasteiger partial charge in [-0.15, -0.1) is 0 Å². The van der Waals surface area contributed by atoms with E-state index in [0.29, 0.717) is 17.9 Å². The van der Waals surface area contributed by atoms with Gasteiger partial charge in [0.05, 0.1) is 0 Å². The summed E-state index contributed by atoms with van der Waals surface area (Å²) in [5, 5.41) is 3.03. The van der Waals surface area contributed by atoms with E-state index < -0.39 is 0 Å². The second-order valence-electron chi connectivity index (χ2n) is 4.57. The van der Waals surface area contributed by atoms with Crippen molar-refractivity contribution >= 4 is 0 Å². The first-order valence-corrected chi connectivity index (χ1v) is 6.94. The lowest BCUT2D eigenvalue weighted by Gasteiger charge is -2.18. The number of nitrogens with zero attached hydrogens (tertiary/aromatic N) is 1. The van der Waals surface area contributed by atoms with Crippen LogP contribution < -0.4 is 10.1 Å². The molecule has 19 heavy (non-hydrogen) atoms. The lowest BCUT2D eigenvalue weighted by molar-refractivity contribution is 0.222. The normalized spacial score (nSPS) is 12.7. The molecule has 1 N–H and O–H groups in total. The van der Waals surface area contributed by atoms with E-state index in [9.17, 15) is 4.39 Å². The molecule has 0 heterocycles. The first-order chi connectivity index (χ1) is 9.12. The van der Waals surface area contributed by atoms with Crippen LogP contribution in [-0.4, -0.2) is 38.2 Å². The number of benzene rings is 1. The molecule has 0 spiro atoms. The van der Waals surface area contributed by atoms with E-state index in [2.05, 4.69) is 24.1 Å². The minimum atomic E-state index is -0.220. The van der Waals surface area contributed by atoms with Gasteiger partial charge in [-0.2, -0.15) is 0 Å². The highest BCUT2D eigenvalue weighted by atomic mass is 19.1. The molecule has 0 radical (unpaired) electrons. The molecule has 1 rings (SSSR count). The smallest absolute Gasteiger partial charge is 0.131 e. The Hall–Kier alpha value is -1.13. The Labute approximate surface area is 115 Å². The fourth-order valence-electron chi connectivity index (χ4n) is 1.94. The van der Waals surface area contributed by atoms with Crippen LogP contribution in [0.25, 0.3) is 0 Å². The van der Waals surface area contributed by atoms with Crippen LogP contribution in [0.5, 0.6) is 5.75 Å². The summed E-state index contributed by atoms with van der Waals surface area (Å²) < 4.78 is 19.5. The van der Waals surface area contributed by atoms with Crippen molar-refractivity contribution in [2.75, 3.05) is 33.3 Å². The van der Waals surface area contributed by atoms with Gasteiger partial charge in [-0.3, -0.25) is 0 Å². The standard InChI is InChI=1S/C15H25FN2O/c1-5-18(6-2)9-10-19-13-7-8-14(12(3)17-4)15(16)11-13/h7-8,11-12,17H,5-6,9-10H2,1-4H3. The third kappa shape index (κ3) is 4.80. The fourth-order valence-corrected chi connectivity index (χ4v) is 1.94. The van der Waals surface area contributed by atoms with Gasteiger partial charge in [-0.05, 0) is 33.1 Å². The van der Waals surface area contributed by atoms with Gasteiger partial charge >= 0.3 is 0 Å². The summed E-state index contributed by atoms with van der Waals surface area (Å²) in [5.41, 5.74) is 0.665. The summed E-state index contributed by atoms with van der Waals surface area (Å²) in [6.07, 6.45) is 0. The molecular weight excluding hydrogens is 243 g/mol. The molecule has 1 aromatic carbocycles. The summed E-state index contributed by atoms with van der Waals surface area (Å²) in [7, 11) is 1.82. The SMILES string of the molecule is CCN(CC)CCOc1ccc(C(C)NC)c(F)c1. The maximum absolute atomic E-state index is 13.9. The summed E-state index contributed by atoms with van der Waals surface area (Å²) in [6.45, 7) is 9.64. The molecule has 4 heteroatoms. The zero-order valence-corrected chi connectivity index (χ0v) is 12.4. The van der Waals surface area contributed by atoms with Gasteiger partial charge in [-0.25, -0.2) is 4.39 Å². The topological polar surface area (TPSA) is 24.5 Å². The van der Waals surface area contributed by atoms with Crippen LogP contribution in [-0.2, 0) is 0 Å². The number of rotatable bonds is 8. The maximum atomic E-state index is 13.9. The van der Waals surface area contributed by atoms with Gasteiger partial charge in [0.1, 0.15) is 18.2 Å². The maximum Gasteiger partial charge on any atom is 0.131 e. The van der Waals surface area contributed by atoms with Crippen molar-refractivity contribution in [2.45, 2.75) is 26.8 Å². The van der Waals surface area contributed by atoms with Crippen LogP contribution in [0.1, 0.15) is 32.4 Å². The molecule has 3 nitrogen and oxygen atoms in total. The predicted octanol–water partition coefficient (Wildman–Crippen LogP) is 2.83. The highest BCUT2D eigenvalue weighted by Crippen LogP contribution is 2.21. The third-order valence-electron chi connectivity index (χ3n) is 3.44. The molecule has 0 bridgehead atoms. The average Bonchev–Trinajstić information content (AvgIpc) is 2.43. The van der Waals surface area contributed by atoms with Gasteiger partial charge in [0, 0.05) is 24.2 Å². The van der Waals surface area contributed by atoms with E-state index >= 15 is 0 Å². The van der Waals surface area contributed by atoms with Crippen LogP contribution >= 0.6 is 0 Å². The first-order valence-electron chi connectivity index (χ1n) is 6.94. The van der Waals surface area contributed by atoms with E-state index in [4.69, 9.17) is 4.74 Å². The van der Waals surface area contributed by atoms with E-state index in [0.717, 1.165) is 19.6 Å². The molecule has 1 unspecified atom stereocenters. The molecule has 0 amide bonds. The molecule has 0 aliphatic heterocycles. The Morgan fingerprint density at radius 3 is 2.53 bits per heavy atom. The lowest BCUT2D eigenvalue weighted by Crippen LogP contribution is -2.27. The quantitative estimate of drug-likeness (QED) is 0.784. The molecule has 0 saturated carbocycles. The molecule has 0 aliphatic carbocycles. The summed E-state index contributed by atoms with van der Waals surface area (Å²) >= 11 is 0. The second-order valence-corrected chi connectivity index (χ2v) is 4.57. The Bertz CT molecular complexity index is 380. The van der Waals surface area contributed by atoms with Crippen LogP contribution in [0.15, 0.2) is 18.2 Å². The predicted molar refractivity (Wildman–Crippen MR) is 77.2 cm³/mol. The van der Waals surface area contributed by atoms with Crippen LogP contribution in [0.3, 0.4) is 0 Å². The van der Waals surface area contributed by atoms with Gasteiger partial charge < -0.3 is 15.0 Å². The molecule has 0 aromatic heterocycles. The third-order valence-corrected chi connectivity index (χ3v) is 3.44. The summed E-state index contributed by atoms with van der Waals surface area (Å²) in [5.74, 6) is 0.374. The number of likely N-dealkylation sites (N-methyl/N-ethyl adjacent to an activating group) is 1. The molecule has 0 aliphatic rings. The van der Waals surface area contributed by atoms with E-state index in [1.807, 2.05) is 20.0 Å². The van der Waals surface area contributed by atoms with E-state index in [1.165, 1.54) is 6.07 Å². The van der Waals surface area contributed by atoms with Crippen LogP contribution in [0.4, 0.5) is 4.39 Å². The largest absolute Gasteiger partial charge is 0.492 e. The lowest BCUT2D eigenvalue weighted by atomic mass is 10.1. The molecule has 1 atom stereocenters. The number of nitrogens with one attached hydrogen (secondary N) is 1. The summed E-state index contributed by atoms with van der Waals surface area (Å²) in [6, 6.07) is 5.08. The first kappa shape index (κ1) is 15.9. The molecule has 108 valence electrons. The number of hydrogen-bond acceptors (Lipinski definition) is 3. The van der Waals surface area contributed by atoms with Crippen LogP contribution in [0.2, 0.25) is 0 Å². The Balaban J connectivity index is 2.54. The highest BCUT2D eigenvalue weighted by molar-refractivity contribution is 5.30. The van der Waals surface area contributed by atoms with Crippen molar-refractivity contribution in [3.63, 3.8) is 0 Å². The number of hydrogen-bond donors (Lipinski definition) is 1. The Kier molecular flexibility index (Phi) is 6.81. The zero-order chi connectivity index (χ0) is 14.3. The van der Waals surface area contributed by atoms with E-state index in [-0.39, 0.29) is 11.9 Å². The zero-order valence-electron chi connectivity index (χ0n) is 12.4. The molecular formula is C15H25FN2O. The highest BCUT2D eigenvalue weighted by Gasteiger charge is 2.10.